The van der Waals surface area contributed by atoms with Crippen LogP contribution < -0.4 is 10.1 Å². The Morgan fingerprint density at radius 3 is 2.64 bits per heavy atom. The first-order chi connectivity index (χ1) is 12.4. The van der Waals surface area contributed by atoms with Crippen molar-refractivity contribution in [2.45, 2.75) is 52.8 Å². The van der Waals surface area contributed by atoms with E-state index in [0.29, 0.717) is 0 Å². The van der Waals surface area contributed by atoms with Crippen molar-refractivity contribution in [1.29, 1.82) is 0 Å². The van der Waals surface area contributed by atoms with Crippen LogP contribution in [0.15, 0.2) is 12.1 Å². The number of nitrogens with one attached hydrogen (secondary N) is 1. The van der Waals surface area contributed by atoms with Crippen LogP contribution in [0.2, 0.25) is 0 Å². The number of ether oxygens (including phenoxy) is 1. The second kappa shape index (κ2) is 10.2. The molecule has 1 fully saturated rings. The van der Waals surface area contributed by atoms with E-state index in [9.17, 15) is 18.0 Å². The summed E-state index contributed by atoms with van der Waals surface area (Å²) in [5, 5.41) is 3.19. The number of halogens is 4. The molecule has 2 atom stereocenters. The topological polar surface area (TPSA) is 41.6 Å². The molecule has 1 aromatic rings. The number of rotatable bonds is 7. The third kappa shape index (κ3) is 8.57. The second-order valence-electron chi connectivity index (χ2n) is 8.39. The van der Waals surface area contributed by atoms with Crippen molar-refractivity contribution in [3.05, 3.63) is 17.0 Å². The molecule has 1 amide bonds. The van der Waals surface area contributed by atoms with E-state index < -0.39 is 12.8 Å². The summed E-state index contributed by atoms with van der Waals surface area (Å²) in [6.45, 7) is 9.85. The van der Waals surface area contributed by atoms with Gasteiger partial charge in [0.25, 0.3) is 0 Å². The fourth-order valence-corrected chi connectivity index (χ4v) is 3.80. The van der Waals surface area contributed by atoms with E-state index in [1.807, 2.05) is 6.92 Å². The molecule has 0 spiro atoms. The van der Waals surface area contributed by atoms with Crippen molar-refractivity contribution >= 4 is 29.7 Å². The van der Waals surface area contributed by atoms with Crippen molar-refractivity contribution < 1.29 is 22.7 Å². The highest BCUT2D eigenvalue weighted by Crippen LogP contribution is 2.31. The van der Waals surface area contributed by atoms with Gasteiger partial charge in [0.05, 0.1) is 12.0 Å². The summed E-state index contributed by atoms with van der Waals surface area (Å²) in [5.41, 5.74) is 0.278. The Morgan fingerprint density at radius 2 is 2.04 bits per heavy atom. The molecule has 0 saturated carbocycles. The van der Waals surface area contributed by atoms with Crippen LogP contribution in [0.1, 0.15) is 51.5 Å². The highest BCUT2D eigenvalue weighted by molar-refractivity contribution is 7.13. The molecule has 0 aliphatic carbocycles. The standard InChI is InChI=1S/C19H29F3N2O2S.ClH/c1-13(15-5-6-16(27-15)26-12-19(20,21)22)23-17(25)14-7-9-24(11-14)10-8-18(2,3)4;/h5-6,13-14H,7-12H2,1-4H3,(H,23,25);1H/t13-,14?;/m1./s1. The molecule has 2 heterocycles. The number of thiophene rings is 1. The van der Waals surface area contributed by atoms with Gasteiger partial charge in [-0.15, -0.1) is 23.7 Å². The number of hydrogen-bond donors (Lipinski definition) is 1. The molecule has 28 heavy (non-hydrogen) atoms. The summed E-state index contributed by atoms with van der Waals surface area (Å²) in [6.07, 6.45) is -2.42. The zero-order valence-electron chi connectivity index (χ0n) is 16.8. The van der Waals surface area contributed by atoms with Gasteiger partial charge in [-0.25, -0.2) is 0 Å². The Kier molecular flexibility index (Phi) is 9.09. The molecule has 0 aromatic carbocycles. The number of likely N-dealkylation sites (tertiary alicyclic amines) is 1. The molecule has 162 valence electrons. The fourth-order valence-electron chi connectivity index (χ4n) is 2.94. The van der Waals surface area contributed by atoms with Crippen LogP contribution in [-0.2, 0) is 4.79 Å². The van der Waals surface area contributed by atoms with Crippen LogP contribution in [0.5, 0.6) is 5.06 Å². The molecule has 1 aliphatic heterocycles. The SMILES string of the molecule is C[C@@H](NC(=O)C1CCN(CCC(C)(C)C)C1)c1ccc(OCC(F)(F)F)s1.Cl. The summed E-state index contributed by atoms with van der Waals surface area (Å²) < 4.78 is 41.4. The van der Waals surface area contributed by atoms with Gasteiger partial charge in [0.15, 0.2) is 11.7 Å². The highest BCUT2D eigenvalue weighted by atomic mass is 35.5. The summed E-state index contributed by atoms with van der Waals surface area (Å²) in [4.78, 5) is 15.6. The molecule has 1 aliphatic rings. The van der Waals surface area contributed by atoms with E-state index in [0.717, 1.165) is 48.7 Å². The normalized spacial score (nSPS) is 19.2. The van der Waals surface area contributed by atoms with Crippen LogP contribution in [0.3, 0.4) is 0 Å². The Bertz CT molecular complexity index is 631. The number of amides is 1. The smallest absolute Gasteiger partial charge is 0.422 e. The molecule has 9 heteroatoms. The molecule has 1 aromatic heterocycles. The van der Waals surface area contributed by atoms with Crippen molar-refractivity contribution in [1.82, 2.24) is 10.2 Å². The Balaban J connectivity index is 0.00000392. The molecule has 0 radical (unpaired) electrons. The minimum atomic E-state index is -4.36. The van der Waals surface area contributed by atoms with Crippen molar-refractivity contribution in [2.24, 2.45) is 11.3 Å². The Labute approximate surface area is 175 Å². The van der Waals surface area contributed by atoms with Crippen LogP contribution in [0, 0.1) is 11.3 Å². The van der Waals surface area contributed by atoms with E-state index in [1.165, 1.54) is 6.07 Å². The van der Waals surface area contributed by atoms with Crippen LogP contribution in [0.25, 0.3) is 0 Å². The first-order valence-electron chi connectivity index (χ1n) is 9.25. The third-order valence-corrected chi connectivity index (χ3v) is 5.77. The van der Waals surface area contributed by atoms with E-state index >= 15 is 0 Å². The maximum Gasteiger partial charge on any atom is 0.422 e. The third-order valence-electron chi connectivity index (χ3n) is 4.59. The van der Waals surface area contributed by atoms with Gasteiger partial charge in [-0.1, -0.05) is 20.8 Å². The zero-order chi connectivity index (χ0) is 20.2. The average Bonchev–Trinajstić information content (AvgIpc) is 3.19. The fraction of sp³-hybridized carbons (Fsp3) is 0.737. The van der Waals surface area contributed by atoms with Gasteiger partial charge in [-0.2, -0.15) is 13.2 Å². The summed E-state index contributed by atoms with van der Waals surface area (Å²) in [7, 11) is 0. The van der Waals surface area contributed by atoms with Crippen molar-refractivity contribution in [3.63, 3.8) is 0 Å². The second-order valence-corrected chi connectivity index (χ2v) is 9.47. The lowest BCUT2D eigenvalue weighted by molar-refractivity contribution is -0.152. The minimum absolute atomic E-state index is 0. The highest BCUT2D eigenvalue weighted by Gasteiger charge is 2.30. The largest absolute Gasteiger partial charge is 0.475 e. The number of nitrogens with zero attached hydrogens (tertiary/aromatic N) is 1. The number of alkyl halides is 3. The lowest BCUT2D eigenvalue weighted by Gasteiger charge is -2.23. The van der Waals surface area contributed by atoms with Gasteiger partial charge in [0, 0.05) is 11.4 Å². The van der Waals surface area contributed by atoms with E-state index in [-0.39, 0.29) is 40.8 Å². The molecular weight excluding hydrogens is 413 g/mol. The summed E-state index contributed by atoms with van der Waals surface area (Å²) in [6, 6.07) is 2.96. The van der Waals surface area contributed by atoms with Crippen LogP contribution >= 0.6 is 23.7 Å². The van der Waals surface area contributed by atoms with Gasteiger partial charge in [0.1, 0.15) is 0 Å². The molecule has 1 unspecified atom stereocenters. The Hall–Kier alpha value is -0.990. The number of carbonyl (C=O) groups excluding carboxylic acids is 1. The molecule has 1 saturated heterocycles. The van der Waals surface area contributed by atoms with E-state index in [1.54, 1.807) is 6.07 Å². The predicted octanol–water partition coefficient (Wildman–Crippen LogP) is 5.05. The maximum absolute atomic E-state index is 12.5. The summed E-state index contributed by atoms with van der Waals surface area (Å²) >= 11 is 1.13. The van der Waals surface area contributed by atoms with Gasteiger partial charge in [-0.05, 0) is 50.4 Å². The molecule has 1 N–H and O–H groups in total. The Morgan fingerprint density at radius 1 is 1.36 bits per heavy atom. The van der Waals surface area contributed by atoms with Gasteiger partial charge < -0.3 is 15.0 Å². The van der Waals surface area contributed by atoms with Crippen molar-refractivity contribution in [2.75, 3.05) is 26.2 Å². The van der Waals surface area contributed by atoms with E-state index in [2.05, 4.69) is 31.0 Å². The average molecular weight is 443 g/mol. The molecular formula is C19H30ClF3N2O2S. The number of hydrogen-bond acceptors (Lipinski definition) is 4. The lowest BCUT2D eigenvalue weighted by Crippen LogP contribution is -2.34. The van der Waals surface area contributed by atoms with Gasteiger partial charge >= 0.3 is 6.18 Å². The predicted molar refractivity (Wildman–Crippen MR) is 108 cm³/mol. The lowest BCUT2D eigenvalue weighted by atomic mass is 9.92. The molecule has 0 bridgehead atoms. The van der Waals surface area contributed by atoms with Crippen molar-refractivity contribution in [3.8, 4) is 5.06 Å². The molecule has 2 rings (SSSR count). The number of carbonyl (C=O) groups is 1. The summed E-state index contributed by atoms with van der Waals surface area (Å²) in [5.74, 6) is -0.0275. The minimum Gasteiger partial charge on any atom is -0.475 e. The van der Waals surface area contributed by atoms with Gasteiger partial charge in [0.2, 0.25) is 5.91 Å². The maximum atomic E-state index is 12.5. The van der Waals surface area contributed by atoms with Crippen LogP contribution in [-0.4, -0.2) is 43.2 Å². The quantitative estimate of drug-likeness (QED) is 0.642. The first kappa shape index (κ1) is 25.0. The van der Waals surface area contributed by atoms with Crippen LogP contribution in [0.4, 0.5) is 13.2 Å². The molecule has 4 nitrogen and oxygen atoms in total. The zero-order valence-corrected chi connectivity index (χ0v) is 18.4. The monoisotopic (exact) mass is 442 g/mol. The van der Waals surface area contributed by atoms with Gasteiger partial charge in [-0.3, -0.25) is 4.79 Å². The first-order valence-corrected chi connectivity index (χ1v) is 10.1. The van der Waals surface area contributed by atoms with E-state index in [4.69, 9.17) is 4.74 Å².